The lowest BCUT2D eigenvalue weighted by Crippen LogP contribution is -1.92. The summed E-state index contributed by atoms with van der Waals surface area (Å²) in [6.45, 7) is 0. The standard InChI is InChI=1S/C16H14OS/c1-18-15-10-7-13(8-11-15)9-12-16(17)14-5-3-2-4-6-14/h2-8,10-11,16-17H,1H3/t16-/m0/s1. The molecule has 0 saturated carbocycles. The Balaban J connectivity index is 2.11. The molecule has 2 rings (SSSR count). The van der Waals surface area contributed by atoms with E-state index in [2.05, 4.69) is 11.8 Å². The van der Waals surface area contributed by atoms with Gasteiger partial charge in [-0.3, -0.25) is 0 Å². The Bertz CT molecular complexity index is 549. The highest BCUT2D eigenvalue weighted by molar-refractivity contribution is 7.98. The molecular formula is C16H14OS. The summed E-state index contributed by atoms with van der Waals surface area (Å²) in [7, 11) is 0. The molecule has 0 fully saturated rings. The topological polar surface area (TPSA) is 20.2 Å². The molecule has 2 aromatic rings. The Hall–Kier alpha value is -1.69. The van der Waals surface area contributed by atoms with Crippen LogP contribution >= 0.6 is 11.8 Å². The fourth-order valence-corrected chi connectivity index (χ4v) is 1.95. The molecule has 0 heterocycles. The predicted octanol–water partition coefficient (Wildman–Crippen LogP) is 3.49. The molecule has 0 radical (unpaired) electrons. The van der Waals surface area contributed by atoms with Crippen LogP contribution in [0.15, 0.2) is 59.5 Å². The summed E-state index contributed by atoms with van der Waals surface area (Å²) in [5.41, 5.74) is 1.74. The second-order valence-corrected chi connectivity index (χ2v) is 4.69. The molecule has 0 unspecified atom stereocenters. The minimum atomic E-state index is -0.730. The van der Waals surface area contributed by atoms with Gasteiger partial charge in [-0.1, -0.05) is 42.2 Å². The second kappa shape index (κ2) is 6.30. The number of hydrogen-bond acceptors (Lipinski definition) is 2. The zero-order chi connectivity index (χ0) is 12.8. The van der Waals surface area contributed by atoms with Crippen molar-refractivity contribution in [2.24, 2.45) is 0 Å². The van der Waals surface area contributed by atoms with Gasteiger partial charge in [0.2, 0.25) is 0 Å². The molecule has 0 aliphatic heterocycles. The van der Waals surface area contributed by atoms with E-state index in [1.54, 1.807) is 11.8 Å². The summed E-state index contributed by atoms with van der Waals surface area (Å²) < 4.78 is 0. The van der Waals surface area contributed by atoms with Crippen LogP contribution in [0.2, 0.25) is 0 Å². The van der Waals surface area contributed by atoms with Crippen molar-refractivity contribution in [1.82, 2.24) is 0 Å². The first-order chi connectivity index (χ1) is 8.79. The Morgan fingerprint density at radius 2 is 1.67 bits per heavy atom. The SMILES string of the molecule is CSc1ccc(C#C[C@H](O)c2ccccc2)cc1. The predicted molar refractivity (Wildman–Crippen MR) is 76.5 cm³/mol. The lowest BCUT2D eigenvalue weighted by atomic mass is 10.1. The number of benzene rings is 2. The van der Waals surface area contributed by atoms with E-state index < -0.39 is 6.10 Å². The van der Waals surface area contributed by atoms with Gasteiger partial charge in [-0.2, -0.15) is 0 Å². The summed E-state index contributed by atoms with van der Waals surface area (Å²) in [4.78, 5) is 1.21. The first-order valence-corrected chi connectivity index (χ1v) is 6.90. The summed E-state index contributed by atoms with van der Waals surface area (Å²) in [6, 6.07) is 17.5. The van der Waals surface area contributed by atoms with Gasteiger partial charge in [0.1, 0.15) is 6.10 Å². The van der Waals surface area contributed by atoms with E-state index >= 15 is 0 Å². The summed E-state index contributed by atoms with van der Waals surface area (Å²) in [6.07, 6.45) is 1.31. The van der Waals surface area contributed by atoms with Gasteiger partial charge in [-0.15, -0.1) is 11.8 Å². The van der Waals surface area contributed by atoms with Crippen molar-refractivity contribution in [3.8, 4) is 11.8 Å². The van der Waals surface area contributed by atoms with Gasteiger partial charge >= 0.3 is 0 Å². The third kappa shape index (κ3) is 3.40. The highest BCUT2D eigenvalue weighted by Crippen LogP contribution is 2.15. The average molecular weight is 254 g/mol. The Labute approximate surface area is 112 Å². The Morgan fingerprint density at radius 1 is 1.00 bits per heavy atom. The number of rotatable bonds is 2. The van der Waals surface area contributed by atoms with Crippen molar-refractivity contribution in [3.05, 3.63) is 65.7 Å². The van der Waals surface area contributed by atoms with Crippen LogP contribution in [0.25, 0.3) is 0 Å². The molecule has 1 N–H and O–H groups in total. The van der Waals surface area contributed by atoms with Gasteiger partial charge in [-0.25, -0.2) is 0 Å². The van der Waals surface area contributed by atoms with E-state index in [0.29, 0.717) is 0 Å². The van der Waals surface area contributed by atoms with Crippen LogP contribution in [0, 0.1) is 11.8 Å². The van der Waals surface area contributed by atoms with Crippen molar-refractivity contribution < 1.29 is 5.11 Å². The summed E-state index contributed by atoms with van der Waals surface area (Å²) in [5.74, 6) is 5.84. The monoisotopic (exact) mass is 254 g/mol. The number of hydrogen-bond donors (Lipinski definition) is 1. The van der Waals surface area contributed by atoms with Crippen molar-refractivity contribution >= 4 is 11.8 Å². The zero-order valence-electron chi connectivity index (χ0n) is 10.1. The minimum Gasteiger partial charge on any atom is -0.376 e. The average Bonchev–Trinajstić information content (AvgIpc) is 2.46. The van der Waals surface area contributed by atoms with E-state index in [4.69, 9.17) is 0 Å². The van der Waals surface area contributed by atoms with Crippen LogP contribution in [0.1, 0.15) is 17.2 Å². The number of thioether (sulfide) groups is 1. The lowest BCUT2D eigenvalue weighted by molar-refractivity contribution is 0.238. The smallest absolute Gasteiger partial charge is 0.140 e. The highest BCUT2D eigenvalue weighted by atomic mass is 32.2. The third-order valence-corrected chi connectivity index (χ3v) is 3.30. The highest BCUT2D eigenvalue weighted by Gasteiger charge is 2.00. The number of aliphatic hydroxyl groups is 1. The van der Waals surface area contributed by atoms with E-state index in [1.807, 2.05) is 60.9 Å². The molecule has 2 aromatic carbocycles. The maximum Gasteiger partial charge on any atom is 0.140 e. The van der Waals surface area contributed by atoms with Crippen LogP contribution in [0.3, 0.4) is 0 Å². The fourth-order valence-electron chi connectivity index (χ4n) is 1.54. The van der Waals surface area contributed by atoms with Crippen molar-refractivity contribution in [2.75, 3.05) is 6.26 Å². The van der Waals surface area contributed by atoms with E-state index in [0.717, 1.165) is 11.1 Å². The molecule has 0 spiro atoms. The molecule has 2 heteroatoms. The molecule has 90 valence electrons. The maximum atomic E-state index is 9.90. The molecule has 0 bridgehead atoms. The molecule has 18 heavy (non-hydrogen) atoms. The molecule has 0 aliphatic carbocycles. The summed E-state index contributed by atoms with van der Waals surface area (Å²) in [5, 5.41) is 9.90. The normalized spacial score (nSPS) is 11.4. The number of aliphatic hydroxyl groups excluding tert-OH is 1. The fraction of sp³-hybridized carbons (Fsp3) is 0.125. The quantitative estimate of drug-likeness (QED) is 0.654. The maximum absolute atomic E-state index is 9.90. The molecule has 0 aliphatic rings. The van der Waals surface area contributed by atoms with Crippen LogP contribution < -0.4 is 0 Å². The largest absolute Gasteiger partial charge is 0.376 e. The molecular weight excluding hydrogens is 240 g/mol. The van der Waals surface area contributed by atoms with Crippen LogP contribution in [-0.4, -0.2) is 11.4 Å². The van der Waals surface area contributed by atoms with Crippen LogP contribution in [-0.2, 0) is 0 Å². The minimum absolute atomic E-state index is 0.730. The van der Waals surface area contributed by atoms with Crippen LogP contribution in [0.4, 0.5) is 0 Å². The van der Waals surface area contributed by atoms with Gasteiger partial charge in [0.15, 0.2) is 0 Å². The van der Waals surface area contributed by atoms with Gasteiger partial charge in [0.25, 0.3) is 0 Å². The van der Waals surface area contributed by atoms with E-state index in [9.17, 15) is 5.11 Å². The molecule has 0 saturated heterocycles. The van der Waals surface area contributed by atoms with Gasteiger partial charge < -0.3 is 5.11 Å². The lowest BCUT2D eigenvalue weighted by Gasteiger charge is -2.02. The zero-order valence-corrected chi connectivity index (χ0v) is 10.9. The molecule has 0 amide bonds. The molecule has 0 aromatic heterocycles. The van der Waals surface area contributed by atoms with Gasteiger partial charge in [-0.05, 0) is 36.1 Å². The summed E-state index contributed by atoms with van der Waals surface area (Å²) >= 11 is 1.70. The van der Waals surface area contributed by atoms with Crippen LogP contribution in [0.5, 0.6) is 0 Å². The third-order valence-electron chi connectivity index (χ3n) is 2.56. The van der Waals surface area contributed by atoms with Gasteiger partial charge in [0, 0.05) is 10.5 Å². The van der Waals surface area contributed by atoms with Crippen molar-refractivity contribution in [3.63, 3.8) is 0 Å². The first kappa shape index (κ1) is 12.8. The van der Waals surface area contributed by atoms with Crippen molar-refractivity contribution in [2.45, 2.75) is 11.0 Å². The first-order valence-electron chi connectivity index (χ1n) is 5.68. The van der Waals surface area contributed by atoms with E-state index in [-0.39, 0.29) is 0 Å². The van der Waals surface area contributed by atoms with E-state index in [1.165, 1.54) is 4.90 Å². The second-order valence-electron chi connectivity index (χ2n) is 3.81. The molecule has 1 atom stereocenters. The Morgan fingerprint density at radius 3 is 2.28 bits per heavy atom. The van der Waals surface area contributed by atoms with Gasteiger partial charge in [0.05, 0.1) is 0 Å². The van der Waals surface area contributed by atoms with Crippen molar-refractivity contribution in [1.29, 1.82) is 0 Å². The molecule has 1 nitrogen and oxygen atoms in total. The Kier molecular flexibility index (Phi) is 4.46.